The third-order valence-electron chi connectivity index (χ3n) is 6.89. The number of aromatic nitrogens is 1. The van der Waals surface area contributed by atoms with Gasteiger partial charge in [0.2, 0.25) is 5.09 Å². The van der Waals surface area contributed by atoms with Crippen molar-refractivity contribution in [3.8, 4) is 11.1 Å². The molecule has 0 aliphatic carbocycles. The Morgan fingerprint density at radius 1 is 1.08 bits per heavy atom. The van der Waals surface area contributed by atoms with E-state index in [9.17, 15) is 26.4 Å². The van der Waals surface area contributed by atoms with Crippen molar-refractivity contribution < 1.29 is 30.8 Å². The summed E-state index contributed by atoms with van der Waals surface area (Å²) in [6.45, 7) is 2.11. The monoisotopic (exact) mass is 542 g/mol. The van der Waals surface area contributed by atoms with E-state index in [1.165, 1.54) is 22.6 Å². The molecule has 1 aliphatic heterocycles. The Balaban J connectivity index is 1.32. The summed E-state index contributed by atoms with van der Waals surface area (Å²) in [7, 11) is -3.99. The van der Waals surface area contributed by atoms with Gasteiger partial charge in [-0.15, -0.1) is 0 Å². The van der Waals surface area contributed by atoms with Crippen molar-refractivity contribution in [2.75, 3.05) is 6.54 Å². The lowest BCUT2D eigenvalue weighted by atomic mass is 9.91. The molecule has 4 aromatic rings. The average Bonchev–Trinajstić information content (AvgIpc) is 3.57. The normalized spacial score (nSPS) is 17.6. The smallest absolute Gasteiger partial charge is 0.433 e. The molecule has 5 rings (SSSR count). The number of benzene rings is 2. The van der Waals surface area contributed by atoms with Crippen LogP contribution in [0.5, 0.6) is 0 Å². The molecule has 6 nitrogen and oxygen atoms in total. The van der Waals surface area contributed by atoms with E-state index in [4.69, 9.17) is 4.42 Å². The Labute approximate surface area is 218 Å². The zero-order valence-corrected chi connectivity index (χ0v) is 21.3. The molecule has 2 atom stereocenters. The third kappa shape index (κ3) is 5.10. The van der Waals surface area contributed by atoms with Gasteiger partial charge in [0.15, 0.2) is 5.78 Å². The quantitative estimate of drug-likeness (QED) is 0.269. The van der Waals surface area contributed by atoms with Crippen LogP contribution in [0.2, 0.25) is 0 Å². The van der Waals surface area contributed by atoms with Crippen molar-refractivity contribution in [1.82, 2.24) is 9.29 Å². The molecule has 0 saturated carbocycles. The van der Waals surface area contributed by atoms with Gasteiger partial charge in [-0.05, 0) is 42.0 Å². The number of rotatable bonds is 7. The Morgan fingerprint density at radius 3 is 2.58 bits per heavy atom. The summed E-state index contributed by atoms with van der Waals surface area (Å²) < 4.78 is 72.1. The number of halogens is 3. The van der Waals surface area contributed by atoms with E-state index in [1.54, 1.807) is 36.4 Å². The highest BCUT2D eigenvalue weighted by molar-refractivity contribution is 7.89. The molecule has 0 N–H and O–H groups in total. The Bertz CT molecular complexity index is 1550. The Hall–Kier alpha value is -3.50. The number of sulfonamides is 1. The lowest BCUT2D eigenvalue weighted by Gasteiger charge is -2.23. The molecule has 0 unspecified atom stereocenters. The molecule has 3 heterocycles. The second-order valence-corrected chi connectivity index (χ2v) is 11.3. The molecule has 198 valence electrons. The predicted octanol–water partition coefficient (Wildman–Crippen LogP) is 6.43. The molecule has 1 aliphatic rings. The molecule has 0 spiro atoms. The number of carbonyl (C=O) groups excluding carboxylic acids is 1. The van der Waals surface area contributed by atoms with Gasteiger partial charge in [-0.25, -0.2) is 8.42 Å². The fourth-order valence-corrected chi connectivity index (χ4v) is 6.49. The maximum atomic E-state index is 13.4. The Morgan fingerprint density at radius 2 is 1.87 bits per heavy atom. The van der Waals surface area contributed by atoms with Crippen molar-refractivity contribution in [2.45, 2.75) is 49.4 Å². The summed E-state index contributed by atoms with van der Waals surface area (Å²) in [5.74, 6) is -0.419. The van der Waals surface area contributed by atoms with E-state index in [0.29, 0.717) is 34.9 Å². The number of pyridine rings is 1. The van der Waals surface area contributed by atoms with Gasteiger partial charge in [0, 0.05) is 36.2 Å². The molecule has 1 fully saturated rings. The molecule has 0 bridgehead atoms. The number of nitrogens with zero attached hydrogens (tertiary/aromatic N) is 2. The van der Waals surface area contributed by atoms with Crippen molar-refractivity contribution in [3.63, 3.8) is 0 Å². The number of Topliss-reactive ketones (excluding diaryl/α,β-unsaturated/α-hetero) is 1. The van der Waals surface area contributed by atoms with Crippen LogP contribution in [0.15, 0.2) is 82.4 Å². The van der Waals surface area contributed by atoms with Gasteiger partial charge < -0.3 is 4.42 Å². The summed E-state index contributed by atoms with van der Waals surface area (Å²) in [5.41, 5.74) is 1.52. The van der Waals surface area contributed by atoms with Crippen molar-refractivity contribution in [3.05, 3.63) is 84.2 Å². The molecule has 0 amide bonds. The van der Waals surface area contributed by atoms with Gasteiger partial charge in [0.1, 0.15) is 11.3 Å². The van der Waals surface area contributed by atoms with Crippen LogP contribution < -0.4 is 0 Å². The summed E-state index contributed by atoms with van der Waals surface area (Å²) in [4.78, 5) is 16.8. The van der Waals surface area contributed by atoms with Crippen LogP contribution in [0.1, 0.15) is 43.4 Å². The van der Waals surface area contributed by atoms with Crippen molar-refractivity contribution >= 4 is 26.8 Å². The van der Waals surface area contributed by atoms with E-state index >= 15 is 0 Å². The minimum atomic E-state index is -4.51. The van der Waals surface area contributed by atoms with Gasteiger partial charge >= 0.3 is 6.18 Å². The third-order valence-corrected chi connectivity index (χ3v) is 8.66. The standard InChI is InChI=1S/C28H25F3N2O4S/c1-18(19-7-4-8-20(15-19)22-11-12-26(32-17-22)28(29,30)31)14-24(34)23-9-5-13-33(23)38(35,36)27-16-21-6-2-3-10-25(21)37-27/h2-4,6-8,10-12,15-18,23H,5,9,13-14H2,1H3/t18-,23+/m1/s1. The second kappa shape index (κ2) is 9.99. The van der Waals surface area contributed by atoms with Crippen LogP contribution in [-0.4, -0.2) is 36.1 Å². The molecule has 0 radical (unpaired) electrons. The highest BCUT2D eigenvalue weighted by atomic mass is 32.2. The van der Waals surface area contributed by atoms with E-state index in [0.717, 1.165) is 11.6 Å². The fraction of sp³-hybridized carbons (Fsp3) is 0.286. The lowest BCUT2D eigenvalue weighted by Crippen LogP contribution is -2.40. The minimum absolute atomic E-state index is 0.117. The van der Waals surface area contributed by atoms with Crippen LogP contribution in [0, 0.1) is 0 Å². The van der Waals surface area contributed by atoms with Gasteiger partial charge in [-0.1, -0.05) is 55.5 Å². The number of hydrogen-bond donors (Lipinski definition) is 0. The maximum Gasteiger partial charge on any atom is 0.433 e. The first-order valence-electron chi connectivity index (χ1n) is 12.2. The van der Waals surface area contributed by atoms with Gasteiger partial charge in [-0.3, -0.25) is 9.78 Å². The maximum absolute atomic E-state index is 13.4. The molecule has 1 saturated heterocycles. The van der Waals surface area contributed by atoms with E-state index < -0.39 is 27.9 Å². The van der Waals surface area contributed by atoms with Crippen LogP contribution in [0.25, 0.3) is 22.1 Å². The first-order valence-corrected chi connectivity index (χ1v) is 13.6. The number of para-hydroxylation sites is 1. The predicted molar refractivity (Wildman–Crippen MR) is 136 cm³/mol. The SMILES string of the molecule is C[C@H](CC(=O)[C@@H]1CCCN1S(=O)(=O)c1cc2ccccc2o1)c1cccc(-c2ccc(C(F)(F)F)nc2)c1. The minimum Gasteiger partial charge on any atom is -0.443 e. The number of alkyl halides is 3. The lowest BCUT2D eigenvalue weighted by molar-refractivity contribution is -0.141. The van der Waals surface area contributed by atoms with E-state index in [1.807, 2.05) is 19.1 Å². The highest BCUT2D eigenvalue weighted by Gasteiger charge is 2.41. The average molecular weight is 543 g/mol. The van der Waals surface area contributed by atoms with E-state index in [2.05, 4.69) is 4.98 Å². The molecule has 2 aromatic carbocycles. The van der Waals surface area contributed by atoms with Crippen LogP contribution >= 0.6 is 0 Å². The summed E-state index contributed by atoms with van der Waals surface area (Å²) in [6.07, 6.45) is -2.22. The van der Waals surface area contributed by atoms with Gasteiger partial charge in [-0.2, -0.15) is 17.5 Å². The fourth-order valence-electron chi connectivity index (χ4n) is 4.86. The van der Waals surface area contributed by atoms with Crippen LogP contribution in [0.4, 0.5) is 13.2 Å². The summed E-state index contributed by atoms with van der Waals surface area (Å²) in [6, 6.07) is 17.2. The largest absolute Gasteiger partial charge is 0.443 e. The van der Waals surface area contributed by atoms with Gasteiger partial charge in [0.25, 0.3) is 10.0 Å². The van der Waals surface area contributed by atoms with E-state index in [-0.39, 0.29) is 29.8 Å². The molecule has 38 heavy (non-hydrogen) atoms. The number of hydrogen-bond acceptors (Lipinski definition) is 5. The molecule has 10 heteroatoms. The van der Waals surface area contributed by atoms with Crippen molar-refractivity contribution in [1.29, 1.82) is 0 Å². The number of furan rings is 1. The topological polar surface area (TPSA) is 80.5 Å². The van der Waals surface area contributed by atoms with Crippen LogP contribution in [0.3, 0.4) is 0 Å². The Kier molecular flexibility index (Phi) is 6.87. The van der Waals surface area contributed by atoms with Gasteiger partial charge in [0.05, 0.1) is 6.04 Å². The molecule has 2 aromatic heterocycles. The first kappa shape index (κ1) is 26.1. The van der Waals surface area contributed by atoms with Crippen molar-refractivity contribution in [2.24, 2.45) is 0 Å². The zero-order valence-electron chi connectivity index (χ0n) is 20.5. The van der Waals surface area contributed by atoms with Crippen LogP contribution in [-0.2, 0) is 21.0 Å². The summed E-state index contributed by atoms with van der Waals surface area (Å²) in [5, 5.41) is 0.495. The first-order chi connectivity index (χ1) is 18.0. The number of ketones is 1. The molecular formula is C28H25F3N2O4S. The zero-order chi connectivity index (χ0) is 27.1. The highest BCUT2D eigenvalue weighted by Crippen LogP contribution is 2.33. The number of carbonyl (C=O) groups is 1. The number of fused-ring (bicyclic) bond motifs is 1. The second-order valence-electron chi connectivity index (χ2n) is 9.50. The molecular weight excluding hydrogens is 517 g/mol. The summed E-state index contributed by atoms with van der Waals surface area (Å²) >= 11 is 0.